The van der Waals surface area contributed by atoms with Gasteiger partial charge in [-0.1, -0.05) is 12.1 Å². The monoisotopic (exact) mass is 326 g/mol. The molecule has 0 aliphatic carbocycles. The summed E-state index contributed by atoms with van der Waals surface area (Å²) in [4.78, 5) is 24.4. The van der Waals surface area contributed by atoms with Crippen LogP contribution in [0.2, 0.25) is 0 Å². The van der Waals surface area contributed by atoms with Crippen LogP contribution in [-0.4, -0.2) is 12.1 Å². The van der Waals surface area contributed by atoms with E-state index in [-0.39, 0.29) is 28.4 Å². The molecule has 24 heavy (non-hydrogen) atoms. The number of hydrogen-bond acceptors (Lipinski definition) is 5. The Morgan fingerprint density at radius 2 is 1.83 bits per heavy atom. The van der Waals surface area contributed by atoms with Crippen LogP contribution in [0.4, 0.5) is 0 Å². The minimum atomic E-state index is -0.476. The van der Waals surface area contributed by atoms with Crippen molar-refractivity contribution in [1.29, 1.82) is 0 Å². The fourth-order valence-electron chi connectivity index (χ4n) is 2.65. The predicted octanol–water partition coefficient (Wildman–Crippen LogP) is 3.97. The van der Waals surface area contributed by atoms with Gasteiger partial charge in [-0.2, -0.15) is 0 Å². The van der Waals surface area contributed by atoms with Gasteiger partial charge in [-0.15, -0.1) is 0 Å². The number of benzene rings is 2. The summed E-state index contributed by atoms with van der Waals surface area (Å²) in [6.07, 6.45) is -0.199. The molecular formula is C19H18O5. The molecule has 0 spiro atoms. The zero-order valence-corrected chi connectivity index (χ0v) is 14.0. The zero-order valence-electron chi connectivity index (χ0n) is 14.0. The second-order valence-corrected chi connectivity index (χ2v) is 5.91. The smallest absolute Gasteiger partial charge is 0.308 e. The van der Waals surface area contributed by atoms with Crippen molar-refractivity contribution < 1.29 is 18.7 Å². The van der Waals surface area contributed by atoms with Gasteiger partial charge in [-0.3, -0.25) is 9.59 Å². The highest BCUT2D eigenvalue weighted by atomic mass is 16.6. The summed E-state index contributed by atoms with van der Waals surface area (Å²) < 4.78 is 17.0. The van der Waals surface area contributed by atoms with E-state index >= 15 is 0 Å². The minimum Gasteiger partial charge on any atom is -0.486 e. The average Bonchev–Trinajstić information content (AvgIpc) is 2.50. The van der Waals surface area contributed by atoms with Gasteiger partial charge in [0.05, 0.1) is 11.5 Å². The van der Waals surface area contributed by atoms with Crippen LogP contribution in [0.5, 0.6) is 11.5 Å². The van der Waals surface area contributed by atoms with E-state index in [2.05, 4.69) is 0 Å². The van der Waals surface area contributed by atoms with Gasteiger partial charge < -0.3 is 13.9 Å². The molecule has 0 saturated heterocycles. The molecule has 5 nitrogen and oxygen atoms in total. The quantitative estimate of drug-likeness (QED) is 0.414. The SMILES string of the molecule is CC(=O)Oc1c(C)cc2oc3ccccc3c(=O)c2c1OC(C)C. The second-order valence-electron chi connectivity index (χ2n) is 5.91. The summed E-state index contributed by atoms with van der Waals surface area (Å²) in [5.74, 6) is 0.0252. The Morgan fingerprint density at radius 3 is 2.50 bits per heavy atom. The number of fused-ring (bicyclic) bond motifs is 2. The molecular weight excluding hydrogens is 308 g/mol. The number of carbonyl (C=O) groups is 1. The lowest BCUT2D eigenvalue weighted by Crippen LogP contribution is -2.13. The van der Waals surface area contributed by atoms with Crippen molar-refractivity contribution in [3.63, 3.8) is 0 Å². The van der Waals surface area contributed by atoms with Gasteiger partial charge in [-0.25, -0.2) is 0 Å². The van der Waals surface area contributed by atoms with Crippen molar-refractivity contribution in [3.05, 3.63) is 46.1 Å². The van der Waals surface area contributed by atoms with Crippen molar-refractivity contribution in [1.82, 2.24) is 0 Å². The normalized spacial score (nSPS) is 11.2. The van der Waals surface area contributed by atoms with Crippen molar-refractivity contribution >= 4 is 27.9 Å². The summed E-state index contributed by atoms with van der Waals surface area (Å²) in [5, 5.41) is 0.737. The molecule has 0 N–H and O–H groups in total. The molecule has 0 saturated carbocycles. The van der Waals surface area contributed by atoms with Gasteiger partial charge in [0, 0.05) is 6.92 Å². The van der Waals surface area contributed by atoms with E-state index in [0.29, 0.717) is 22.1 Å². The first-order valence-corrected chi connectivity index (χ1v) is 7.72. The number of esters is 1. The van der Waals surface area contributed by atoms with Crippen molar-refractivity contribution in [2.75, 3.05) is 0 Å². The number of rotatable bonds is 3. The maximum atomic E-state index is 13.0. The molecule has 2 aromatic carbocycles. The Morgan fingerprint density at radius 1 is 1.12 bits per heavy atom. The third kappa shape index (κ3) is 2.73. The molecule has 1 heterocycles. The number of carbonyl (C=O) groups excluding carboxylic acids is 1. The molecule has 0 aliphatic rings. The largest absolute Gasteiger partial charge is 0.486 e. The topological polar surface area (TPSA) is 65.7 Å². The number of ether oxygens (including phenoxy) is 2. The standard InChI is InChI=1S/C19H18O5/c1-10(2)22-19-16-15(9-11(3)18(19)23-12(4)20)24-14-8-6-5-7-13(14)17(16)21/h5-10H,1-4H3. The van der Waals surface area contributed by atoms with Crippen LogP contribution < -0.4 is 14.9 Å². The first-order chi connectivity index (χ1) is 11.4. The predicted molar refractivity (Wildman–Crippen MR) is 91.8 cm³/mol. The molecule has 3 rings (SSSR count). The highest BCUT2D eigenvalue weighted by Gasteiger charge is 2.22. The molecule has 0 aliphatic heterocycles. The highest BCUT2D eigenvalue weighted by molar-refractivity contribution is 5.96. The summed E-state index contributed by atoms with van der Waals surface area (Å²) in [6.45, 7) is 6.77. The van der Waals surface area contributed by atoms with Gasteiger partial charge in [0.15, 0.2) is 11.5 Å². The Labute approximate surface area is 138 Å². The summed E-state index contributed by atoms with van der Waals surface area (Å²) in [7, 11) is 0. The van der Waals surface area contributed by atoms with Gasteiger partial charge in [0.2, 0.25) is 5.43 Å². The Kier molecular flexibility index (Phi) is 4.01. The van der Waals surface area contributed by atoms with E-state index in [1.54, 1.807) is 31.2 Å². The number of hydrogen-bond donors (Lipinski definition) is 0. The lowest BCUT2D eigenvalue weighted by Gasteiger charge is -2.17. The van der Waals surface area contributed by atoms with Gasteiger partial charge >= 0.3 is 5.97 Å². The van der Waals surface area contributed by atoms with Crippen LogP contribution in [0.1, 0.15) is 26.3 Å². The molecule has 0 fully saturated rings. The first-order valence-electron chi connectivity index (χ1n) is 7.72. The van der Waals surface area contributed by atoms with Gasteiger partial charge in [0.25, 0.3) is 0 Å². The third-order valence-electron chi connectivity index (χ3n) is 3.56. The summed E-state index contributed by atoms with van der Waals surface area (Å²) >= 11 is 0. The minimum absolute atomic E-state index is 0.199. The van der Waals surface area contributed by atoms with Crippen LogP contribution in [0.15, 0.2) is 39.5 Å². The van der Waals surface area contributed by atoms with Crippen LogP contribution in [-0.2, 0) is 4.79 Å². The fraction of sp³-hybridized carbons (Fsp3) is 0.263. The Bertz CT molecular complexity index is 998. The number of para-hydroxylation sites is 1. The van der Waals surface area contributed by atoms with Crippen molar-refractivity contribution in [3.8, 4) is 11.5 Å². The lowest BCUT2D eigenvalue weighted by molar-refractivity contribution is -0.132. The van der Waals surface area contributed by atoms with E-state index in [1.807, 2.05) is 19.9 Å². The molecule has 0 bridgehead atoms. The average molecular weight is 326 g/mol. The first kappa shape index (κ1) is 16.1. The van der Waals surface area contributed by atoms with Crippen LogP contribution in [0, 0.1) is 6.92 Å². The van der Waals surface area contributed by atoms with Gasteiger partial charge in [-0.05, 0) is 44.5 Å². The van der Waals surface area contributed by atoms with E-state index in [9.17, 15) is 9.59 Å². The molecule has 0 unspecified atom stereocenters. The Hall–Kier alpha value is -2.82. The maximum Gasteiger partial charge on any atom is 0.308 e. The van der Waals surface area contributed by atoms with Gasteiger partial charge in [0.1, 0.15) is 16.6 Å². The van der Waals surface area contributed by atoms with Crippen molar-refractivity contribution in [2.24, 2.45) is 0 Å². The molecule has 0 atom stereocenters. The summed E-state index contributed by atoms with van der Waals surface area (Å²) in [5.41, 5.74) is 1.36. The van der Waals surface area contributed by atoms with Crippen molar-refractivity contribution in [2.45, 2.75) is 33.8 Å². The molecule has 0 amide bonds. The summed E-state index contributed by atoms with van der Waals surface area (Å²) in [6, 6.07) is 8.71. The van der Waals surface area contributed by atoms with Crippen LogP contribution in [0.25, 0.3) is 21.9 Å². The molecule has 5 heteroatoms. The van der Waals surface area contributed by atoms with E-state index < -0.39 is 5.97 Å². The highest BCUT2D eigenvalue weighted by Crippen LogP contribution is 2.39. The molecule has 0 radical (unpaired) electrons. The van der Waals surface area contributed by atoms with E-state index in [1.165, 1.54) is 6.92 Å². The molecule has 124 valence electrons. The Balaban J connectivity index is 2.46. The second kappa shape index (κ2) is 6.00. The molecule has 3 aromatic rings. The third-order valence-corrected chi connectivity index (χ3v) is 3.56. The van der Waals surface area contributed by atoms with E-state index in [0.717, 1.165) is 0 Å². The molecule has 1 aromatic heterocycles. The zero-order chi connectivity index (χ0) is 17.4. The van der Waals surface area contributed by atoms with E-state index in [4.69, 9.17) is 13.9 Å². The van der Waals surface area contributed by atoms with Crippen LogP contribution >= 0.6 is 0 Å². The maximum absolute atomic E-state index is 13.0. The number of aryl methyl sites for hydroxylation is 1. The fourth-order valence-corrected chi connectivity index (χ4v) is 2.65. The lowest BCUT2D eigenvalue weighted by atomic mass is 10.1. The van der Waals surface area contributed by atoms with Crippen LogP contribution in [0.3, 0.4) is 0 Å².